The van der Waals surface area contributed by atoms with E-state index in [0.29, 0.717) is 21.9 Å². The lowest BCUT2D eigenvalue weighted by Crippen LogP contribution is -2.46. The average Bonchev–Trinajstić information content (AvgIpc) is 3.22. The number of carbonyl (C=O) groups excluding carboxylic acids is 1. The minimum absolute atomic E-state index is 0.133. The maximum atomic E-state index is 12.9. The van der Waals surface area contributed by atoms with Crippen LogP contribution in [0.1, 0.15) is 16.1 Å². The summed E-state index contributed by atoms with van der Waals surface area (Å²) in [5.74, 6) is 0.188. The molecule has 1 saturated heterocycles. The highest BCUT2D eigenvalue weighted by molar-refractivity contribution is 6.31. The molecule has 4 aromatic rings. The molecule has 3 aromatic carbocycles. The van der Waals surface area contributed by atoms with E-state index in [-0.39, 0.29) is 5.78 Å². The summed E-state index contributed by atoms with van der Waals surface area (Å²) in [7, 11) is 0. The van der Waals surface area contributed by atoms with E-state index in [0.717, 1.165) is 42.3 Å². The largest absolute Gasteiger partial charge is 0.453 e. The third-order valence-corrected chi connectivity index (χ3v) is 6.16. The van der Waals surface area contributed by atoms with Crippen LogP contribution >= 0.6 is 23.2 Å². The van der Waals surface area contributed by atoms with Crippen LogP contribution in [0.2, 0.25) is 10.0 Å². The molecule has 4 nitrogen and oxygen atoms in total. The summed E-state index contributed by atoms with van der Waals surface area (Å²) in [5.41, 5.74) is 3.57. The molecule has 1 aliphatic heterocycles. The number of benzene rings is 3. The van der Waals surface area contributed by atoms with Crippen molar-refractivity contribution in [2.24, 2.45) is 0 Å². The van der Waals surface area contributed by atoms with Crippen LogP contribution in [-0.2, 0) is 0 Å². The molecule has 1 aliphatic rings. The Bertz CT molecular complexity index is 1220. The summed E-state index contributed by atoms with van der Waals surface area (Å²) < 4.78 is 5.71. The van der Waals surface area contributed by atoms with Crippen LogP contribution in [0.25, 0.3) is 11.0 Å². The third kappa shape index (κ3) is 4.14. The SMILES string of the molecule is O=C(c1ccc(N2CCN(c3ccc(Cl)cc3)CC2)cc1)c1cc2cc(Cl)ccc2o1. The van der Waals surface area contributed by atoms with Gasteiger partial charge in [-0.2, -0.15) is 0 Å². The highest BCUT2D eigenvalue weighted by Crippen LogP contribution is 2.26. The maximum Gasteiger partial charge on any atom is 0.228 e. The zero-order valence-electron chi connectivity index (χ0n) is 16.7. The van der Waals surface area contributed by atoms with E-state index in [9.17, 15) is 4.79 Å². The highest BCUT2D eigenvalue weighted by Gasteiger charge is 2.19. The fourth-order valence-corrected chi connectivity index (χ4v) is 4.27. The molecule has 156 valence electrons. The second-order valence-corrected chi connectivity index (χ2v) is 8.49. The molecule has 0 radical (unpaired) electrons. The number of fused-ring (bicyclic) bond motifs is 1. The minimum Gasteiger partial charge on any atom is -0.453 e. The molecule has 1 fully saturated rings. The molecule has 1 aromatic heterocycles. The molecule has 0 spiro atoms. The van der Waals surface area contributed by atoms with Crippen LogP contribution in [0.5, 0.6) is 0 Å². The minimum atomic E-state index is -0.133. The highest BCUT2D eigenvalue weighted by atomic mass is 35.5. The van der Waals surface area contributed by atoms with Gasteiger partial charge in [-0.15, -0.1) is 0 Å². The number of carbonyl (C=O) groups is 1. The van der Waals surface area contributed by atoms with Gasteiger partial charge in [-0.25, -0.2) is 0 Å². The van der Waals surface area contributed by atoms with Gasteiger partial charge in [-0.3, -0.25) is 4.79 Å². The molecule has 0 aliphatic carbocycles. The zero-order valence-corrected chi connectivity index (χ0v) is 18.2. The summed E-state index contributed by atoms with van der Waals surface area (Å²) >= 11 is 12.0. The quantitative estimate of drug-likeness (QED) is 0.342. The Hall–Kier alpha value is -2.95. The van der Waals surface area contributed by atoms with Gasteiger partial charge in [0.05, 0.1) is 0 Å². The van der Waals surface area contributed by atoms with Crippen molar-refractivity contribution in [3.05, 3.63) is 94.2 Å². The van der Waals surface area contributed by atoms with Crippen LogP contribution in [0.15, 0.2) is 77.2 Å². The Morgan fingerprint density at radius 2 is 1.26 bits per heavy atom. The third-order valence-electron chi connectivity index (χ3n) is 5.67. The van der Waals surface area contributed by atoms with Gasteiger partial charge in [-0.1, -0.05) is 23.2 Å². The van der Waals surface area contributed by atoms with E-state index >= 15 is 0 Å². The fourth-order valence-electron chi connectivity index (χ4n) is 3.97. The number of anilines is 2. The van der Waals surface area contributed by atoms with Crippen molar-refractivity contribution in [2.45, 2.75) is 0 Å². The molecular weight excluding hydrogens is 431 g/mol. The van der Waals surface area contributed by atoms with Gasteiger partial charge in [0.25, 0.3) is 0 Å². The molecule has 0 N–H and O–H groups in total. The number of halogens is 2. The number of furan rings is 1. The standard InChI is InChI=1S/C25H20Cl2N2O2/c26-19-3-8-22(9-4-19)29-13-11-28(12-14-29)21-6-1-17(2-7-21)25(30)24-16-18-15-20(27)5-10-23(18)31-24/h1-10,15-16H,11-14H2. The molecule has 31 heavy (non-hydrogen) atoms. The summed E-state index contributed by atoms with van der Waals surface area (Å²) in [6, 6.07) is 22.8. The Kier molecular flexibility index (Phi) is 5.34. The number of piperazine rings is 1. The topological polar surface area (TPSA) is 36.7 Å². The first-order valence-electron chi connectivity index (χ1n) is 10.2. The van der Waals surface area contributed by atoms with Crippen LogP contribution in [0.3, 0.4) is 0 Å². The molecule has 0 bridgehead atoms. The van der Waals surface area contributed by atoms with Gasteiger partial charge < -0.3 is 14.2 Å². The van der Waals surface area contributed by atoms with Crippen molar-refractivity contribution in [3.8, 4) is 0 Å². The van der Waals surface area contributed by atoms with E-state index in [1.54, 1.807) is 24.3 Å². The number of ketones is 1. The number of hydrogen-bond donors (Lipinski definition) is 0. The molecular formula is C25H20Cl2N2O2. The number of hydrogen-bond acceptors (Lipinski definition) is 4. The maximum absolute atomic E-state index is 12.9. The average molecular weight is 451 g/mol. The van der Waals surface area contributed by atoms with Gasteiger partial charge in [0.1, 0.15) is 5.58 Å². The molecule has 0 saturated carbocycles. The van der Waals surface area contributed by atoms with Crippen molar-refractivity contribution in [1.29, 1.82) is 0 Å². The summed E-state index contributed by atoms with van der Waals surface area (Å²) in [5, 5.41) is 2.20. The monoisotopic (exact) mass is 450 g/mol. The van der Waals surface area contributed by atoms with Gasteiger partial charge in [-0.05, 0) is 72.8 Å². The molecule has 0 atom stereocenters. The Morgan fingerprint density at radius 3 is 1.87 bits per heavy atom. The molecule has 5 rings (SSSR count). The van der Waals surface area contributed by atoms with Gasteiger partial charge in [0, 0.05) is 58.5 Å². The van der Waals surface area contributed by atoms with E-state index < -0.39 is 0 Å². The molecule has 2 heterocycles. The van der Waals surface area contributed by atoms with Crippen molar-refractivity contribution < 1.29 is 9.21 Å². The lowest BCUT2D eigenvalue weighted by Gasteiger charge is -2.37. The molecule has 6 heteroatoms. The number of rotatable bonds is 4. The Balaban J connectivity index is 1.26. The van der Waals surface area contributed by atoms with Crippen molar-refractivity contribution in [1.82, 2.24) is 0 Å². The summed E-state index contributed by atoms with van der Waals surface area (Å²) in [6.07, 6.45) is 0. The Labute approximate surface area is 190 Å². The van der Waals surface area contributed by atoms with Crippen LogP contribution in [0.4, 0.5) is 11.4 Å². The summed E-state index contributed by atoms with van der Waals surface area (Å²) in [6.45, 7) is 3.70. The normalized spacial score (nSPS) is 14.3. The van der Waals surface area contributed by atoms with Gasteiger partial charge in [0.2, 0.25) is 5.78 Å². The van der Waals surface area contributed by atoms with E-state index in [1.807, 2.05) is 36.4 Å². The fraction of sp³-hybridized carbons (Fsp3) is 0.160. The van der Waals surface area contributed by atoms with Crippen LogP contribution in [-0.4, -0.2) is 32.0 Å². The van der Waals surface area contributed by atoms with Crippen molar-refractivity contribution in [3.63, 3.8) is 0 Å². The van der Waals surface area contributed by atoms with E-state index in [2.05, 4.69) is 21.9 Å². The molecule has 0 unspecified atom stereocenters. The van der Waals surface area contributed by atoms with Crippen molar-refractivity contribution in [2.75, 3.05) is 36.0 Å². The summed E-state index contributed by atoms with van der Waals surface area (Å²) in [4.78, 5) is 17.6. The predicted molar refractivity (Wildman–Crippen MR) is 127 cm³/mol. The van der Waals surface area contributed by atoms with Gasteiger partial charge in [0.15, 0.2) is 5.76 Å². The lowest BCUT2D eigenvalue weighted by atomic mass is 10.1. The molecule has 0 amide bonds. The second kappa shape index (κ2) is 8.29. The first kappa shape index (κ1) is 20.0. The van der Waals surface area contributed by atoms with Crippen LogP contribution in [0, 0.1) is 0 Å². The van der Waals surface area contributed by atoms with Crippen molar-refractivity contribution >= 4 is 51.3 Å². The second-order valence-electron chi connectivity index (χ2n) is 7.62. The van der Waals surface area contributed by atoms with E-state index in [4.69, 9.17) is 27.6 Å². The van der Waals surface area contributed by atoms with Gasteiger partial charge >= 0.3 is 0 Å². The predicted octanol–water partition coefficient (Wildman–Crippen LogP) is 6.30. The Morgan fingerprint density at radius 1 is 0.710 bits per heavy atom. The number of nitrogens with zero attached hydrogens (tertiary/aromatic N) is 2. The van der Waals surface area contributed by atoms with E-state index in [1.165, 1.54) is 5.69 Å². The lowest BCUT2D eigenvalue weighted by molar-refractivity contribution is 0.101. The first-order valence-corrected chi connectivity index (χ1v) is 10.9. The smallest absolute Gasteiger partial charge is 0.228 e. The first-order chi connectivity index (χ1) is 15.1. The van der Waals surface area contributed by atoms with Crippen LogP contribution < -0.4 is 9.80 Å². The zero-order chi connectivity index (χ0) is 21.4.